The Balaban J connectivity index is 2.69. The second-order valence-electron chi connectivity index (χ2n) is 4.65. The van der Waals surface area contributed by atoms with Crippen LogP contribution in [0.25, 0.3) is 0 Å². The van der Waals surface area contributed by atoms with Gasteiger partial charge >= 0.3 is 0 Å². The van der Waals surface area contributed by atoms with Crippen molar-refractivity contribution in [2.75, 3.05) is 11.9 Å². The molecule has 0 atom stereocenters. The third-order valence-corrected chi connectivity index (χ3v) is 3.66. The predicted octanol–water partition coefficient (Wildman–Crippen LogP) is 3.09. The average Bonchev–Trinajstić information content (AvgIpc) is 2.14. The SMILES string of the molecule is CN1C(=O)CC(C)(C)c2cccc(Br)c21. The van der Waals surface area contributed by atoms with E-state index in [2.05, 4.69) is 35.8 Å². The van der Waals surface area contributed by atoms with Gasteiger partial charge in [-0.25, -0.2) is 0 Å². The van der Waals surface area contributed by atoms with Crippen molar-refractivity contribution in [3.63, 3.8) is 0 Å². The van der Waals surface area contributed by atoms with Crippen LogP contribution in [0.5, 0.6) is 0 Å². The minimum absolute atomic E-state index is 0.0668. The third-order valence-electron chi connectivity index (χ3n) is 3.02. The molecule has 2 rings (SSSR count). The Labute approximate surface area is 98.4 Å². The number of para-hydroxylation sites is 1. The Hall–Kier alpha value is -0.830. The zero-order chi connectivity index (χ0) is 11.2. The molecule has 0 aromatic heterocycles. The van der Waals surface area contributed by atoms with E-state index < -0.39 is 0 Å². The number of amides is 1. The van der Waals surface area contributed by atoms with Gasteiger partial charge in [0.05, 0.1) is 5.69 Å². The van der Waals surface area contributed by atoms with E-state index in [0.29, 0.717) is 6.42 Å². The molecule has 0 aliphatic carbocycles. The Kier molecular flexibility index (Phi) is 2.38. The van der Waals surface area contributed by atoms with Gasteiger partial charge in [0.15, 0.2) is 0 Å². The summed E-state index contributed by atoms with van der Waals surface area (Å²) in [6, 6.07) is 6.10. The van der Waals surface area contributed by atoms with Crippen molar-refractivity contribution in [3.05, 3.63) is 28.2 Å². The molecule has 0 bridgehead atoms. The van der Waals surface area contributed by atoms with E-state index in [-0.39, 0.29) is 11.3 Å². The number of hydrogen-bond donors (Lipinski definition) is 0. The Morgan fingerprint density at radius 1 is 1.40 bits per heavy atom. The predicted molar refractivity (Wildman–Crippen MR) is 65.2 cm³/mol. The van der Waals surface area contributed by atoms with Gasteiger partial charge in [0.25, 0.3) is 0 Å². The average molecular weight is 268 g/mol. The van der Waals surface area contributed by atoms with Gasteiger partial charge in [-0.2, -0.15) is 0 Å². The van der Waals surface area contributed by atoms with Crippen molar-refractivity contribution in [1.82, 2.24) is 0 Å². The highest BCUT2D eigenvalue weighted by Gasteiger charge is 2.35. The van der Waals surface area contributed by atoms with E-state index in [1.807, 2.05) is 19.2 Å². The quantitative estimate of drug-likeness (QED) is 0.708. The van der Waals surface area contributed by atoms with Gasteiger partial charge in [-0.05, 0) is 27.6 Å². The molecule has 15 heavy (non-hydrogen) atoms. The molecule has 0 unspecified atom stereocenters. The standard InChI is InChI=1S/C12H14BrNO/c1-12(2)7-10(15)14(3)11-8(12)5-4-6-9(11)13/h4-6H,7H2,1-3H3. The number of hydrogen-bond acceptors (Lipinski definition) is 1. The molecule has 0 saturated heterocycles. The monoisotopic (exact) mass is 267 g/mol. The molecule has 0 N–H and O–H groups in total. The Bertz CT molecular complexity index is 426. The van der Waals surface area contributed by atoms with Crippen LogP contribution in [0, 0.1) is 0 Å². The lowest BCUT2D eigenvalue weighted by molar-refractivity contribution is -0.119. The van der Waals surface area contributed by atoms with E-state index in [1.165, 1.54) is 5.56 Å². The summed E-state index contributed by atoms with van der Waals surface area (Å²) in [6.45, 7) is 4.23. The molecule has 1 aromatic rings. The lowest BCUT2D eigenvalue weighted by atomic mass is 9.77. The van der Waals surface area contributed by atoms with E-state index in [4.69, 9.17) is 0 Å². The Morgan fingerprint density at radius 3 is 2.73 bits per heavy atom. The maximum atomic E-state index is 11.8. The summed E-state index contributed by atoms with van der Waals surface area (Å²) in [5.74, 6) is 0.180. The summed E-state index contributed by atoms with van der Waals surface area (Å²) in [7, 11) is 1.83. The first-order chi connectivity index (χ1) is 6.93. The lowest BCUT2D eigenvalue weighted by Crippen LogP contribution is -2.39. The minimum atomic E-state index is -0.0668. The number of fused-ring (bicyclic) bond motifs is 1. The molecule has 0 fully saturated rings. The zero-order valence-electron chi connectivity index (χ0n) is 9.17. The molecule has 2 nitrogen and oxygen atoms in total. The normalized spacial score (nSPS) is 18.9. The van der Waals surface area contributed by atoms with Gasteiger partial charge in [0.2, 0.25) is 5.91 Å². The molecule has 1 aliphatic rings. The fourth-order valence-corrected chi connectivity index (χ4v) is 2.75. The van der Waals surface area contributed by atoms with Gasteiger partial charge in [0.1, 0.15) is 0 Å². The van der Waals surface area contributed by atoms with E-state index >= 15 is 0 Å². The number of carbonyl (C=O) groups is 1. The first-order valence-corrected chi connectivity index (χ1v) is 5.78. The van der Waals surface area contributed by atoms with Crippen molar-refractivity contribution in [2.45, 2.75) is 25.7 Å². The summed E-state index contributed by atoms with van der Waals surface area (Å²) < 4.78 is 0.989. The number of halogens is 1. The highest BCUT2D eigenvalue weighted by Crippen LogP contribution is 2.43. The van der Waals surface area contributed by atoms with E-state index in [0.717, 1.165) is 10.2 Å². The number of carbonyl (C=O) groups excluding carboxylic acids is 1. The van der Waals surface area contributed by atoms with Crippen LogP contribution in [-0.2, 0) is 10.2 Å². The zero-order valence-corrected chi connectivity index (χ0v) is 10.8. The number of nitrogens with zero attached hydrogens (tertiary/aromatic N) is 1. The first-order valence-electron chi connectivity index (χ1n) is 4.99. The summed E-state index contributed by atoms with van der Waals surface area (Å²) >= 11 is 3.51. The summed E-state index contributed by atoms with van der Waals surface area (Å²) in [5.41, 5.74) is 2.18. The molecule has 80 valence electrons. The van der Waals surface area contributed by atoms with Crippen molar-refractivity contribution in [3.8, 4) is 0 Å². The Morgan fingerprint density at radius 2 is 2.07 bits per heavy atom. The molecule has 1 heterocycles. The molecule has 1 aromatic carbocycles. The van der Waals surface area contributed by atoms with E-state index in [9.17, 15) is 4.79 Å². The van der Waals surface area contributed by atoms with Gasteiger partial charge < -0.3 is 4.90 Å². The first kappa shape index (κ1) is 10.7. The van der Waals surface area contributed by atoms with Crippen LogP contribution in [0.4, 0.5) is 5.69 Å². The molecule has 3 heteroatoms. The largest absolute Gasteiger partial charge is 0.314 e. The van der Waals surface area contributed by atoms with Crippen molar-refractivity contribution < 1.29 is 4.79 Å². The maximum absolute atomic E-state index is 11.8. The van der Waals surface area contributed by atoms with Crippen LogP contribution in [0.3, 0.4) is 0 Å². The van der Waals surface area contributed by atoms with Crippen molar-refractivity contribution in [2.24, 2.45) is 0 Å². The van der Waals surface area contributed by atoms with Gasteiger partial charge in [-0.15, -0.1) is 0 Å². The van der Waals surface area contributed by atoms with E-state index in [1.54, 1.807) is 4.90 Å². The van der Waals surface area contributed by atoms with Crippen LogP contribution >= 0.6 is 15.9 Å². The van der Waals surface area contributed by atoms with Gasteiger partial charge in [-0.1, -0.05) is 26.0 Å². The fourth-order valence-electron chi connectivity index (χ4n) is 2.12. The van der Waals surface area contributed by atoms with Crippen LogP contribution in [0.2, 0.25) is 0 Å². The molecule has 1 amide bonds. The molecule has 0 radical (unpaired) electrons. The van der Waals surface area contributed by atoms with Crippen molar-refractivity contribution >= 4 is 27.5 Å². The van der Waals surface area contributed by atoms with Crippen LogP contribution in [0.1, 0.15) is 25.8 Å². The second kappa shape index (κ2) is 3.34. The van der Waals surface area contributed by atoms with Crippen LogP contribution in [0.15, 0.2) is 22.7 Å². The molecular weight excluding hydrogens is 254 g/mol. The summed E-state index contributed by atoms with van der Waals surface area (Å²) in [6.07, 6.45) is 0.576. The van der Waals surface area contributed by atoms with Crippen LogP contribution in [-0.4, -0.2) is 13.0 Å². The highest BCUT2D eigenvalue weighted by atomic mass is 79.9. The van der Waals surface area contributed by atoms with Crippen molar-refractivity contribution in [1.29, 1.82) is 0 Å². The summed E-state index contributed by atoms with van der Waals surface area (Å²) in [4.78, 5) is 13.6. The highest BCUT2D eigenvalue weighted by molar-refractivity contribution is 9.10. The molecule has 1 aliphatic heterocycles. The third kappa shape index (κ3) is 1.59. The maximum Gasteiger partial charge on any atom is 0.227 e. The fraction of sp³-hybridized carbons (Fsp3) is 0.417. The second-order valence-corrected chi connectivity index (χ2v) is 5.50. The topological polar surface area (TPSA) is 20.3 Å². The lowest BCUT2D eigenvalue weighted by Gasteiger charge is -2.37. The minimum Gasteiger partial charge on any atom is -0.314 e. The number of benzene rings is 1. The van der Waals surface area contributed by atoms with Gasteiger partial charge in [0, 0.05) is 23.4 Å². The van der Waals surface area contributed by atoms with Gasteiger partial charge in [-0.3, -0.25) is 4.79 Å². The smallest absolute Gasteiger partial charge is 0.227 e. The molecule has 0 saturated carbocycles. The molecular formula is C12H14BrNO. The number of anilines is 1. The summed E-state index contributed by atoms with van der Waals surface area (Å²) in [5, 5.41) is 0. The number of rotatable bonds is 0. The molecule has 0 spiro atoms. The van der Waals surface area contributed by atoms with Crippen LogP contribution < -0.4 is 4.90 Å².